The van der Waals surface area contributed by atoms with Gasteiger partial charge in [0.05, 0.1) is 12.4 Å². The van der Waals surface area contributed by atoms with Gasteiger partial charge in [-0.1, -0.05) is 0 Å². The van der Waals surface area contributed by atoms with Gasteiger partial charge in [-0.05, 0) is 43.7 Å². The third-order valence-electron chi connectivity index (χ3n) is 5.63. The molecule has 1 aliphatic carbocycles. The Labute approximate surface area is 148 Å². The van der Waals surface area contributed by atoms with Crippen molar-refractivity contribution in [3.8, 4) is 0 Å². The molecule has 1 saturated heterocycles. The molecule has 0 aromatic carbocycles. The van der Waals surface area contributed by atoms with Gasteiger partial charge in [-0.3, -0.25) is 4.98 Å². The Morgan fingerprint density at radius 1 is 1.08 bits per heavy atom. The molecule has 2 aliphatic rings. The minimum absolute atomic E-state index is 0.228. The molecule has 1 unspecified atom stereocenters. The summed E-state index contributed by atoms with van der Waals surface area (Å²) in [5.41, 5.74) is 1.26. The Balaban J connectivity index is 1.26. The van der Waals surface area contributed by atoms with Crippen LogP contribution in [0.25, 0.3) is 0 Å². The summed E-state index contributed by atoms with van der Waals surface area (Å²) in [4.78, 5) is 10.6. The van der Waals surface area contributed by atoms with Crippen LogP contribution in [-0.4, -0.2) is 50.9 Å². The first kappa shape index (κ1) is 16.5. The zero-order chi connectivity index (χ0) is 17.1. The van der Waals surface area contributed by atoms with Gasteiger partial charge < -0.3 is 19.9 Å². The van der Waals surface area contributed by atoms with E-state index in [1.807, 2.05) is 31.1 Å². The quantitative estimate of drug-likeness (QED) is 0.866. The number of nitrogens with one attached hydrogen (secondary N) is 1. The van der Waals surface area contributed by atoms with E-state index in [1.54, 1.807) is 0 Å². The Morgan fingerprint density at radius 2 is 1.88 bits per heavy atom. The van der Waals surface area contributed by atoms with Crippen molar-refractivity contribution >= 4 is 5.69 Å². The van der Waals surface area contributed by atoms with Gasteiger partial charge in [-0.15, -0.1) is 0 Å². The molecule has 1 saturated carbocycles. The fourth-order valence-corrected chi connectivity index (χ4v) is 4.30. The number of aliphatic hydroxyl groups is 1. The molecule has 4 rings (SSSR count). The van der Waals surface area contributed by atoms with Gasteiger partial charge in [0.25, 0.3) is 0 Å². The number of piperidine rings is 1. The van der Waals surface area contributed by atoms with Gasteiger partial charge >= 0.3 is 0 Å². The van der Waals surface area contributed by atoms with E-state index in [0.29, 0.717) is 12.0 Å². The van der Waals surface area contributed by atoms with E-state index in [9.17, 15) is 5.11 Å². The highest BCUT2D eigenvalue weighted by Gasteiger charge is 2.34. The van der Waals surface area contributed by atoms with Crippen LogP contribution in [0.3, 0.4) is 0 Å². The maximum absolute atomic E-state index is 10.4. The number of anilines is 1. The molecule has 0 radical (unpaired) electrons. The first-order valence-corrected chi connectivity index (χ1v) is 9.33. The van der Waals surface area contributed by atoms with Crippen LogP contribution < -0.4 is 10.2 Å². The van der Waals surface area contributed by atoms with E-state index in [2.05, 4.69) is 36.9 Å². The minimum Gasteiger partial charge on any atom is -0.391 e. The lowest BCUT2D eigenvalue weighted by atomic mass is 10.0. The van der Waals surface area contributed by atoms with Gasteiger partial charge in [-0.25, -0.2) is 4.98 Å². The lowest BCUT2D eigenvalue weighted by Crippen LogP contribution is -2.48. The van der Waals surface area contributed by atoms with Crippen molar-refractivity contribution in [2.75, 3.05) is 18.0 Å². The third-order valence-corrected chi connectivity index (χ3v) is 5.63. The van der Waals surface area contributed by atoms with E-state index in [-0.39, 0.29) is 12.1 Å². The second kappa shape index (κ2) is 7.54. The average molecular weight is 341 g/mol. The van der Waals surface area contributed by atoms with Crippen molar-refractivity contribution in [2.45, 2.75) is 50.4 Å². The highest BCUT2D eigenvalue weighted by Crippen LogP contribution is 2.29. The summed E-state index contributed by atoms with van der Waals surface area (Å²) in [6.07, 6.45) is 13.3. The minimum atomic E-state index is -0.230. The number of aliphatic hydroxyl groups excluding tert-OH is 1. The summed E-state index contributed by atoms with van der Waals surface area (Å²) >= 11 is 0. The first-order chi connectivity index (χ1) is 12.3. The number of nitrogens with zero attached hydrogens (tertiary/aromatic N) is 4. The van der Waals surface area contributed by atoms with Crippen LogP contribution in [0.15, 0.2) is 43.2 Å². The summed E-state index contributed by atoms with van der Waals surface area (Å²) in [7, 11) is 0. The molecule has 2 fully saturated rings. The molecule has 2 aromatic rings. The molecule has 0 spiro atoms. The summed E-state index contributed by atoms with van der Waals surface area (Å²) in [6, 6.07) is 4.89. The Kier molecular flexibility index (Phi) is 4.99. The number of pyridine rings is 1. The van der Waals surface area contributed by atoms with Gasteiger partial charge in [0.2, 0.25) is 0 Å². The largest absolute Gasteiger partial charge is 0.391 e. The zero-order valence-corrected chi connectivity index (χ0v) is 14.5. The van der Waals surface area contributed by atoms with E-state index in [0.717, 1.165) is 45.3 Å². The summed E-state index contributed by atoms with van der Waals surface area (Å²) in [5, 5.41) is 14.2. The summed E-state index contributed by atoms with van der Waals surface area (Å²) in [6.45, 7) is 3.07. The normalized spacial score (nSPS) is 27.7. The van der Waals surface area contributed by atoms with Gasteiger partial charge in [-0.2, -0.15) is 0 Å². The van der Waals surface area contributed by atoms with E-state index < -0.39 is 0 Å². The van der Waals surface area contributed by atoms with Crippen LogP contribution in [0.1, 0.15) is 25.7 Å². The summed E-state index contributed by atoms with van der Waals surface area (Å²) in [5.74, 6) is 0.526. The average Bonchev–Trinajstić information content (AvgIpc) is 3.27. The number of aromatic nitrogens is 3. The van der Waals surface area contributed by atoms with Crippen molar-refractivity contribution in [1.29, 1.82) is 0 Å². The predicted molar refractivity (Wildman–Crippen MR) is 97.4 cm³/mol. The SMILES string of the molecule is O[C@@H]1CC(Cn2ccnc2)C[C@H]1NC1CCN(c2ccncc2)CC1. The maximum atomic E-state index is 10.4. The second-order valence-electron chi connectivity index (χ2n) is 7.40. The molecule has 1 aliphatic heterocycles. The van der Waals surface area contributed by atoms with Gasteiger partial charge in [0.15, 0.2) is 0 Å². The Morgan fingerprint density at radius 3 is 2.60 bits per heavy atom. The summed E-state index contributed by atoms with van der Waals surface area (Å²) < 4.78 is 2.12. The highest BCUT2D eigenvalue weighted by atomic mass is 16.3. The molecule has 2 N–H and O–H groups in total. The predicted octanol–water partition coefficient (Wildman–Crippen LogP) is 1.68. The van der Waals surface area contributed by atoms with E-state index in [1.165, 1.54) is 5.69 Å². The first-order valence-electron chi connectivity index (χ1n) is 9.33. The van der Waals surface area contributed by atoms with Crippen molar-refractivity contribution in [3.05, 3.63) is 43.2 Å². The molecule has 6 heteroatoms. The zero-order valence-electron chi connectivity index (χ0n) is 14.5. The molecule has 0 amide bonds. The molecule has 3 heterocycles. The second-order valence-corrected chi connectivity index (χ2v) is 7.40. The lowest BCUT2D eigenvalue weighted by Gasteiger charge is -2.35. The number of hydrogen-bond acceptors (Lipinski definition) is 5. The fourth-order valence-electron chi connectivity index (χ4n) is 4.30. The highest BCUT2D eigenvalue weighted by molar-refractivity contribution is 5.44. The van der Waals surface area contributed by atoms with Crippen LogP contribution in [0, 0.1) is 5.92 Å². The molecule has 0 bridgehead atoms. The molecular formula is C19H27N5O. The monoisotopic (exact) mass is 341 g/mol. The van der Waals surface area contributed by atoms with E-state index in [4.69, 9.17) is 0 Å². The van der Waals surface area contributed by atoms with Crippen molar-refractivity contribution in [3.63, 3.8) is 0 Å². The molecule has 2 aromatic heterocycles. The maximum Gasteiger partial charge on any atom is 0.0945 e. The molecule has 3 atom stereocenters. The number of rotatable bonds is 5. The van der Waals surface area contributed by atoms with Crippen LogP contribution in [0.4, 0.5) is 5.69 Å². The van der Waals surface area contributed by atoms with Crippen LogP contribution in [-0.2, 0) is 6.54 Å². The van der Waals surface area contributed by atoms with Crippen LogP contribution in [0.2, 0.25) is 0 Å². The molecule has 25 heavy (non-hydrogen) atoms. The smallest absolute Gasteiger partial charge is 0.0945 e. The third kappa shape index (κ3) is 4.02. The van der Waals surface area contributed by atoms with Gasteiger partial charge in [0, 0.05) is 62.2 Å². The van der Waals surface area contributed by atoms with Crippen molar-refractivity contribution in [2.24, 2.45) is 5.92 Å². The number of hydrogen-bond donors (Lipinski definition) is 2. The molecular weight excluding hydrogens is 314 g/mol. The topological polar surface area (TPSA) is 66.2 Å². The van der Waals surface area contributed by atoms with Crippen LogP contribution >= 0.6 is 0 Å². The Bertz CT molecular complexity index is 639. The standard InChI is InChI=1S/C19H27N5O/c25-19-12-15(13-23-10-7-21-14-23)11-18(19)22-16-3-8-24(9-4-16)17-1-5-20-6-2-17/h1-2,5-7,10,14-16,18-19,22,25H,3-4,8-9,11-13H2/t15?,18-,19-/m1/s1. The fraction of sp³-hybridized carbons (Fsp3) is 0.579. The van der Waals surface area contributed by atoms with Crippen molar-refractivity contribution < 1.29 is 5.11 Å². The van der Waals surface area contributed by atoms with E-state index >= 15 is 0 Å². The molecule has 134 valence electrons. The van der Waals surface area contributed by atoms with Crippen LogP contribution in [0.5, 0.6) is 0 Å². The van der Waals surface area contributed by atoms with Gasteiger partial charge in [0.1, 0.15) is 0 Å². The molecule has 6 nitrogen and oxygen atoms in total. The lowest BCUT2D eigenvalue weighted by molar-refractivity contribution is 0.137. The van der Waals surface area contributed by atoms with Crippen molar-refractivity contribution in [1.82, 2.24) is 19.9 Å². The Hall–Kier alpha value is -1.92. The number of imidazole rings is 1.